The first-order chi connectivity index (χ1) is 11.1. The molecule has 2 fully saturated rings. The summed E-state index contributed by atoms with van der Waals surface area (Å²) in [6.45, 7) is 5.24. The van der Waals surface area contributed by atoms with Crippen molar-refractivity contribution in [2.24, 2.45) is 11.8 Å². The van der Waals surface area contributed by atoms with Gasteiger partial charge in [-0.2, -0.15) is 0 Å². The van der Waals surface area contributed by atoms with Crippen molar-refractivity contribution in [3.8, 4) is 0 Å². The van der Waals surface area contributed by atoms with E-state index in [2.05, 4.69) is 58.0 Å². The summed E-state index contributed by atoms with van der Waals surface area (Å²) in [5.41, 5.74) is 2.71. The third-order valence-corrected chi connectivity index (χ3v) is 5.39. The highest BCUT2D eigenvalue weighted by molar-refractivity contribution is 5.40. The highest BCUT2D eigenvalue weighted by Gasteiger charge is 2.46. The molecule has 1 aromatic heterocycles. The molecule has 3 heterocycles. The number of nitrogens with one attached hydrogen (secondary N) is 1. The molecule has 2 saturated heterocycles. The fraction of sp³-hybridized carbons (Fsp3) is 0.444. The Balaban J connectivity index is 1.63. The molecule has 0 amide bonds. The van der Waals surface area contributed by atoms with Crippen molar-refractivity contribution in [3.63, 3.8) is 0 Å². The van der Waals surface area contributed by atoms with Crippen LogP contribution in [0, 0.1) is 18.8 Å². The van der Waals surface area contributed by atoms with Crippen LogP contribution >= 0.6 is 0 Å². The number of benzene rings is 1. The van der Waals surface area contributed by atoms with Gasteiger partial charge in [-0.3, -0.25) is 9.69 Å². The van der Waals surface area contributed by atoms with Crippen LogP contribution in [-0.4, -0.2) is 41.5 Å². The number of fused-ring (bicyclic) bond motifs is 1. The molecule has 4 rings (SSSR count). The van der Waals surface area contributed by atoms with E-state index in [1.165, 1.54) is 17.5 Å². The van der Waals surface area contributed by atoms with Crippen molar-refractivity contribution in [1.82, 2.24) is 14.9 Å². The van der Waals surface area contributed by atoms with E-state index in [4.69, 9.17) is 0 Å². The second kappa shape index (κ2) is 5.49. The van der Waals surface area contributed by atoms with Gasteiger partial charge in [-0.05, 0) is 31.0 Å². The number of likely N-dealkylation sites (tertiary alicyclic amines) is 1. The maximum atomic E-state index is 11.5. The monoisotopic (exact) mass is 310 g/mol. The first-order valence-electron chi connectivity index (χ1n) is 8.19. The molecule has 0 saturated carbocycles. The molecule has 0 aliphatic carbocycles. The zero-order valence-corrected chi connectivity index (χ0v) is 13.6. The van der Waals surface area contributed by atoms with Crippen LogP contribution in [0.4, 0.5) is 5.82 Å². The van der Waals surface area contributed by atoms with Gasteiger partial charge in [-0.25, -0.2) is 4.98 Å². The Morgan fingerprint density at radius 2 is 2.04 bits per heavy atom. The Hall–Kier alpha value is -2.14. The van der Waals surface area contributed by atoms with E-state index in [-0.39, 0.29) is 5.56 Å². The van der Waals surface area contributed by atoms with Crippen molar-refractivity contribution in [2.45, 2.75) is 13.0 Å². The lowest BCUT2D eigenvalue weighted by Crippen LogP contribution is -2.30. The molecular weight excluding hydrogens is 288 g/mol. The van der Waals surface area contributed by atoms with Gasteiger partial charge in [0.1, 0.15) is 5.82 Å². The van der Waals surface area contributed by atoms with Crippen molar-refractivity contribution >= 4 is 5.82 Å². The van der Waals surface area contributed by atoms with Gasteiger partial charge in [0.15, 0.2) is 0 Å². The summed E-state index contributed by atoms with van der Waals surface area (Å²) < 4.78 is 0. The fourth-order valence-corrected chi connectivity index (χ4v) is 4.36. The molecule has 5 nitrogen and oxygen atoms in total. The minimum atomic E-state index is -0.0837. The van der Waals surface area contributed by atoms with E-state index >= 15 is 0 Å². The van der Waals surface area contributed by atoms with E-state index in [9.17, 15) is 4.79 Å². The summed E-state index contributed by atoms with van der Waals surface area (Å²) in [5, 5.41) is 0. The molecule has 3 atom stereocenters. The van der Waals surface area contributed by atoms with E-state index in [1.807, 2.05) is 0 Å². The van der Waals surface area contributed by atoms with Crippen LogP contribution in [0.25, 0.3) is 0 Å². The smallest absolute Gasteiger partial charge is 0.252 e. The predicted molar refractivity (Wildman–Crippen MR) is 90.6 cm³/mol. The SMILES string of the molecule is Cc1ccccc1[C@@H]1[C@@H]2CN(c3cc(=O)[nH]cn3)C[C@@H]2CN1C. The normalized spacial score (nSPS) is 27.4. The van der Waals surface area contributed by atoms with E-state index in [0.29, 0.717) is 17.9 Å². The zero-order chi connectivity index (χ0) is 16.0. The molecule has 1 N–H and O–H groups in total. The summed E-state index contributed by atoms with van der Waals surface area (Å²) in [6.07, 6.45) is 1.50. The molecule has 2 aliphatic rings. The first-order valence-corrected chi connectivity index (χ1v) is 8.19. The fourth-order valence-electron chi connectivity index (χ4n) is 4.36. The van der Waals surface area contributed by atoms with E-state index < -0.39 is 0 Å². The van der Waals surface area contributed by atoms with Gasteiger partial charge < -0.3 is 9.88 Å². The summed E-state index contributed by atoms with van der Waals surface area (Å²) in [7, 11) is 2.23. The van der Waals surface area contributed by atoms with Crippen LogP contribution < -0.4 is 10.5 Å². The maximum Gasteiger partial charge on any atom is 0.252 e. The average Bonchev–Trinajstić information content (AvgIpc) is 3.05. The summed E-state index contributed by atoms with van der Waals surface area (Å²) in [6, 6.07) is 10.7. The van der Waals surface area contributed by atoms with Crippen LogP contribution in [0.1, 0.15) is 17.2 Å². The Morgan fingerprint density at radius 3 is 2.83 bits per heavy atom. The van der Waals surface area contributed by atoms with Gasteiger partial charge in [-0.1, -0.05) is 24.3 Å². The van der Waals surface area contributed by atoms with Crippen molar-refractivity contribution < 1.29 is 0 Å². The van der Waals surface area contributed by atoms with Gasteiger partial charge in [-0.15, -0.1) is 0 Å². The third-order valence-electron chi connectivity index (χ3n) is 5.39. The number of aromatic nitrogens is 2. The second-order valence-corrected chi connectivity index (χ2v) is 6.84. The Bertz CT molecular complexity index is 771. The van der Waals surface area contributed by atoms with Crippen LogP contribution in [0.15, 0.2) is 41.5 Å². The maximum absolute atomic E-state index is 11.5. The molecule has 0 spiro atoms. The molecule has 5 heteroatoms. The van der Waals surface area contributed by atoms with Gasteiger partial charge in [0, 0.05) is 37.7 Å². The molecule has 0 radical (unpaired) electrons. The van der Waals surface area contributed by atoms with Gasteiger partial charge in [0.05, 0.1) is 6.33 Å². The van der Waals surface area contributed by atoms with Crippen LogP contribution in [0.2, 0.25) is 0 Å². The molecule has 2 aromatic rings. The topological polar surface area (TPSA) is 52.2 Å². The van der Waals surface area contributed by atoms with Crippen molar-refractivity contribution in [2.75, 3.05) is 31.6 Å². The number of H-pyrrole nitrogens is 1. The highest BCUT2D eigenvalue weighted by atomic mass is 16.1. The Morgan fingerprint density at radius 1 is 1.22 bits per heavy atom. The zero-order valence-electron chi connectivity index (χ0n) is 13.6. The lowest BCUT2D eigenvalue weighted by molar-refractivity contribution is 0.279. The van der Waals surface area contributed by atoms with Crippen molar-refractivity contribution in [1.29, 1.82) is 0 Å². The Kier molecular flexibility index (Phi) is 3.45. The van der Waals surface area contributed by atoms with E-state index in [0.717, 1.165) is 25.5 Å². The standard InChI is InChI=1S/C18H22N4O/c1-12-5-3-4-6-14(12)18-15-10-22(9-13(15)8-21(18)2)16-7-17(23)20-11-19-16/h3-7,11,13,15,18H,8-10H2,1-2H3,(H,19,20,23)/t13-,15+,18+/m0/s1. The summed E-state index contributed by atoms with van der Waals surface area (Å²) >= 11 is 0. The number of hydrogen-bond donors (Lipinski definition) is 1. The van der Waals surface area contributed by atoms with Crippen LogP contribution in [0.5, 0.6) is 0 Å². The molecular formula is C18H22N4O. The van der Waals surface area contributed by atoms with Crippen molar-refractivity contribution in [3.05, 3.63) is 58.1 Å². The van der Waals surface area contributed by atoms with Crippen LogP contribution in [-0.2, 0) is 0 Å². The molecule has 23 heavy (non-hydrogen) atoms. The average molecular weight is 310 g/mol. The van der Waals surface area contributed by atoms with Crippen LogP contribution in [0.3, 0.4) is 0 Å². The number of nitrogens with zero attached hydrogens (tertiary/aromatic N) is 3. The molecule has 0 unspecified atom stereocenters. The molecule has 0 bridgehead atoms. The lowest BCUT2D eigenvalue weighted by Gasteiger charge is -2.28. The quantitative estimate of drug-likeness (QED) is 0.919. The summed E-state index contributed by atoms with van der Waals surface area (Å²) in [4.78, 5) is 23.2. The predicted octanol–water partition coefficient (Wildman–Crippen LogP) is 1.82. The number of aromatic amines is 1. The number of aryl methyl sites for hydroxylation is 1. The minimum absolute atomic E-state index is 0.0837. The number of rotatable bonds is 2. The molecule has 120 valence electrons. The Labute approximate surface area is 136 Å². The number of anilines is 1. The molecule has 1 aromatic carbocycles. The second-order valence-electron chi connectivity index (χ2n) is 6.84. The van der Waals surface area contributed by atoms with Gasteiger partial charge in [0.2, 0.25) is 0 Å². The number of hydrogen-bond acceptors (Lipinski definition) is 4. The molecule has 2 aliphatic heterocycles. The van der Waals surface area contributed by atoms with E-state index in [1.54, 1.807) is 6.07 Å². The summed E-state index contributed by atoms with van der Waals surface area (Å²) in [5.74, 6) is 2.02. The highest BCUT2D eigenvalue weighted by Crippen LogP contribution is 2.45. The minimum Gasteiger partial charge on any atom is -0.356 e. The lowest BCUT2D eigenvalue weighted by atomic mass is 9.88. The largest absolute Gasteiger partial charge is 0.356 e. The first kappa shape index (κ1) is 14.5. The van der Waals surface area contributed by atoms with Gasteiger partial charge >= 0.3 is 0 Å². The van der Waals surface area contributed by atoms with Gasteiger partial charge in [0.25, 0.3) is 5.56 Å². The third kappa shape index (κ3) is 2.45.